The highest BCUT2D eigenvalue weighted by atomic mass is 32.2. The zero-order valence-electron chi connectivity index (χ0n) is 8.40. The van der Waals surface area contributed by atoms with E-state index in [1.54, 1.807) is 0 Å². The molecule has 0 N–H and O–H groups in total. The molecule has 3 nitrogen and oxygen atoms in total. The van der Waals surface area contributed by atoms with Gasteiger partial charge in [-0.15, -0.1) is 0 Å². The van der Waals surface area contributed by atoms with E-state index in [0.29, 0.717) is 12.4 Å². The molecule has 78 valence electrons. The third-order valence-corrected chi connectivity index (χ3v) is 2.95. The van der Waals surface area contributed by atoms with Gasteiger partial charge in [0.05, 0.1) is 12.4 Å². The SMILES string of the molecule is CCOc1ccccc1C1=NC(=O)CS1. The van der Waals surface area contributed by atoms with Gasteiger partial charge in [-0.25, -0.2) is 4.99 Å². The molecule has 1 heterocycles. The van der Waals surface area contributed by atoms with Crippen molar-refractivity contribution in [2.45, 2.75) is 6.92 Å². The van der Waals surface area contributed by atoms with Crippen molar-refractivity contribution in [2.24, 2.45) is 4.99 Å². The van der Waals surface area contributed by atoms with Crippen molar-refractivity contribution < 1.29 is 9.53 Å². The van der Waals surface area contributed by atoms with Gasteiger partial charge in [-0.3, -0.25) is 4.79 Å². The van der Waals surface area contributed by atoms with Gasteiger partial charge in [-0.05, 0) is 19.1 Å². The van der Waals surface area contributed by atoms with E-state index < -0.39 is 0 Å². The van der Waals surface area contributed by atoms with Gasteiger partial charge in [0.25, 0.3) is 5.91 Å². The Hall–Kier alpha value is -1.29. The van der Waals surface area contributed by atoms with Gasteiger partial charge in [0.2, 0.25) is 0 Å². The summed E-state index contributed by atoms with van der Waals surface area (Å²) in [6, 6.07) is 7.65. The maximum atomic E-state index is 11.0. The highest BCUT2D eigenvalue weighted by Gasteiger charge is 2.19. The van der Waals surface area contributed by atoms with Crippen LogP contribution in [0.15, 0.2) is 29.3 Å². The van der Waals surface area contributed by atoms with E-state index in [0.717, 1.165) is 16.4 Å². The summed E-state index contributed by atoms with van der Waals surface area (Å²) in [7, 11) is 0. The van der Waals surface area contributed by atoms with Crippen molar-refractivity contribution in [1.82, 2.24) is 0 Å². The number of hydrogen-bond donors (Lipinski definition) is 0. The Labute approximate surface area is 92.5 Å². The number of para-hydroxylation sites is 1. The fraction of sp³-hybridized carbons (Fsp3) is 0.273. The van der Waals surface area contributed by atoms with Crippen LogP contribution in [0.4, 0.5) is 0 Å². The summed E-state index contributed by atoms with van der Waals surface area (Å²) in [5, 5.41) is 0.768. The van der Waals surface area contributed by atoms with Crippen molar-refractivity contribution in [2.75, 3.05) is 12.4 Å². The molecule has 0 saturated heterocycles. The topological polar surface area (TPSA) is 38.7 Å². The molecule has 1 aliphatic heterocycles. The first-order chi connectivity index (χ1) is 7.31. The quantitative estimate of drug-likeness (QED) is 0.784. The van der Waals surface area contributed by atoms with Crippen LogP contribution >= 0.6 is 11.8 Å². The summed E-state index contributed by atoms with van der Waals surface area (Å²) in [5.41, 5.74) is 0.912. The Morgan fingerprint density at radius 2 is 2.27 bits per heavy atom. The molecule has 15 heavy (non-hydrogen) atoms. The number of thioether (sulfide) groups is 1. The summed E-state index contributed by atoms with van der Waals surface area (Å²) in [6.45, 7) is 2.55. The third kappa shape index (κ3) is 2.21. The molecule has 0 spiro atoms. The lowest BCUT2D eigenvalue weighted by Crippen LogP contribution is -1.99. The molecule has 0 bridgehead atoms. The highest BCUT2D eigenvalue weighted by Crippen LogP contribution is 2.27. The molecule has 1 aromatic rings. The van der Waals surface area contributed by atoms with Crippen molar-refractivity contribution >= 4 is 22.7 Å². The second-order valence-electron chi connectivity index (χ2n) is 3.03. The average molecular weight is 221 g/mol. The van der Waals surface area contributed by atoms with Crippen molar-refractivity contribution in [3.8, 4) is 5.75 Å². The highest BCUT2D eigenvalue weighted by molar-refractivity contribution is 8.15. The standard InChI is InChI=1S/C11H11NO2S/c1-2-14-9-6-4-3-5-8(9)11-12-10(13)7-15-11/h3-6H,2,7H2,1H3. The predicted octanol–water partition coefficient (Wildman–Crippen LogP) is 2.11. The van der Waals surface area contributed by atoms with E-state index in [-0.39, 0.29) is 5.91 Å². The summed E-state index contributed by atoms with van der Waals surface area (Å²) in [6.07, 6.45) is 0. The Kier molecular flexibility index (Phi) is 3.06. The molecule has 4 heteroatoms. The molecule has 0 aromatic heterocycles. The molecular weight excluding hydrogens is 210 g/mol. The number of ether oxygens (including phenoxy) is 1. The van der Waals surface area contributed by atoms with Crippen LogP contribution in [0, 0.1) is 0 Å². The Morgan fingerprint density at radius 1 is 1.47 bits per heavy atom. The molecular formula is C11H11NO2S. The zero-order valence-corrected chi connectivity index (χ0v) is 9.21. The average Bonchev–Trinajstić information content (AvgIpc) is 2.66. The summed E-state index contributed by atoms with van der Waals surface area (Å²) >= 11 is 1.46. The second-order valence-corrected chi connectivity index (χ2v) is 3.99. The van der Waals surface area contributed by atoms with E-state index >= 15 is 0 Å². The van der Waals surface area contributed by atoms with Crippen LogP contribution < -0.4 is 4.74 Å². The fourth-order valence-electron chi connectivity index (χ4n) is 1.37. The van der Waals surface area contributed by atoms with E-state index in [2.05, 4.69) is 4.99 Å². The van der Waals surface area contributed by atoms with Crippen molar-refractivity contribution in [3.63, 3.8) is 0 Å². The molecule has 1 aromatic carbocycles. The summed E-state index contributed by atoms with van der Waals surface area (Å²) < 4.78 is 5.48. The number of nitrogens with zero attached hydrogens (tertiary/aromatic N) is 1. The molecule has 0 aliphatic carbocycles. The van der Waals surface area contributed by atoms with Gasteiger partial charge in [0.15, 0.2) is 0 Å². The first kappa shape index (κ1) is 10.2. The van der Waals surface area contributed by atoms with Gasteiger partial charge in [0.1, 0.15) is 10.8 Å². The number of carbonyl (C=O) groups is 1. The number of hydrogen-bond acceptors (Lipinski definition) is 3. The van der Waals surface area contributed by atoms with E-state index in [1.165, 1.54) is 11.8 Å². The lowest BCUT2D eigenvalue weighted by Gasteiger charge is -2.08. The van der Waals surface area contributed by atoms with E-state index in [1.807, 2.05) is 31.2 Å². The number of carbonyl (C=O) groups excluding carboxylic acids is 1. The molecule has 0 atom stereocenters. The largest absolute Gasteiger partial charge is 0.493 e. The van der Waals surface area contributed by atoms with Crippen LogP contribution in [0.5, 0.6) is 5.75 Å². The third-order valence-electron chi connectivity index (χ3n) is 1.98. The van der Waals surface area contributed by atoms with Crippen LogP contribution in [0.2, 0.25) is 0 Å². The predicted molar refractivity (Wildman–Crippen MR) is 61.6 cm³/mol. The molecule has 0 unspecified atom stereocenters. The van der Waals surface area contributed by atoms with Crippen LogP contribution in [0.25, 0.3) is 0 Å². The van der Waals surface area contributed by atoms with Crippen LogP contribution in [0.1, 0.15) is 12.5 Å². The minimum atomic E-state index is -0.0682. The van der Waals surface area contributed by atoms with E-state index in [4.69, 9.17) is 4.74 Å². The van der Waals surface area contributed by atoms with Gasteiger partial charge < -0.3 is 4.74 Å². The van der Waals surface area contributed by atoms with Gasteiger partial charge in [-0.1, -0.05) is 23.9 Å². The lowest BCUT2D eigenvalue weighted by molar-refractivity contribution is -0.115. The Bertz CT molecular complexity index is 415. The van der Waals surface area contributed by atoms with Crippen molar-refractivity contribution in [1.29, 1.82) is 0 Å². The number of benzene rings is 1. The molecule has 0 fully saturated rings. The molecule has 1 aliphatic rings. The molecule has 2 rings (SSSR count). The van der Waals surface area contributed by atoms with Crippen LogP contribution in [0.3, 0.4) is 0 Å². The van der Waals surface area contributed by atoms with Gasteiger partial charge >= 0.3 is 0 Å². The lowest BCUT2D eigenvalue weighted by atomic mass is 10.2. The second kappa shape index (κ2) is 4.49. The van der Waals surface area contributed by atoms with Crippen molar-refractivity contribution in [3.05, 3.63) is 29.8 Å². The first-order valence-corrected chi connectivity index (χ1v) is 5.76. The molecule has 0 radical (unpaired) electrons. The number of aliphatic imine (C=N–C) groups is 1. The van der Waals surface area contributed by atoms with Gasteiger partial charge in [-0.2, -0.15) is 0 Å². The van der Waals surface area contributed by atoms with Crippen LogP contribution in [-0.2, 0) is 4.79 Å². The first-order valence-electron chi connectivity index (χ1n) is 4.77. The fourth-order valence-corrected chi connectivity index (χ4v) is 2.19. The minimum Gasteiger partial charge on any atom is -0.493 e. The minimum absolute atomic E-state index is 0.0682. The monoisotopic (exact) mass is 221 g/mol. The normalized spacial score (nSPS) is 15.3. The zero-order chi connectivity index (χ0) is 10.7. The molecule has 1 amide bonds. The smallest absolute Gasteiger partial charge is 0.257 e. The maximum absolute atomic E-state index is 11.0. The van der Waals surface area contributed by atoms with E-state index in [9.17, 15) is 4.79 Å². The maximum Gasteiger partial charge on any atom is 0.257 e. The number of rotatable bonds is 3. The number of amides is 1. The summed E-state index contributed by atoms with van der Waals surface area (Å²) in [5.74, 6) is 1.16. The van der Waals surface area contributed by atoms with Gasteiger partial charge in [0, 0.05) is 5.56 Å². The van der Waals surface area contributed by atoms with Crippen LogP contribution in [-0.4, -0.2) is 23.3 Å². The Morgan fingerprint density at radius 3 is 2.93 bits per heavy atom. The summed E-state index contributed by atoms with van der Waals surface area (Å²) in [4.78, 5) is 15.0. The Balaban J connectivity index is 2.34. The molecule has 0 saturated carbocycles.